The monoisotopic (exact) mass is 231 g/mol. The van der Waals surface area contributed by atoms with Crippen LogP contribution in [-0.2, 0) is 10.5 Å². The van der Waals surface area contributed by atoms with Gasteiger partial charge < -0.3 is 9.84 Å². The van der Waals surface area contributed by atoms with Crippen molar-refractivity contribution in [3.63, 3.8) is 0 Å². The molecular weight excluding hydrogens is 218 g/mol. The maximum atomic E-state index is 9.63. The predicted molar refractivity (Wildman–Crippen MR) is 60.2 cm³/mol. The van der Waals surface area contributed by atoms with Gasteiger partial charge in [0.1, 0.15) is 12.7 Å². The van der Waals surface area contributed by atoms with E-state index in [1.807, 2.05) is 30.3 Å². The first-order valence-electron chi connectivity index (χ1n) is 5.52. The van der Waals surface area contributed by atoms with Crippen molar-refractivity contribution in [2.45, 2.75) is 11.6 Å². The van der Waals surface area contributed by atoms with Gasteiger partial charge in [0, 0.05) is 0 Å². The van der Waals surface area contributed by atoms with Gasteiger partial charge in [-0.15, -0.1) is 0 Å². The molecule has 5 nitrogen and oxygen atoms in total. The molecule has 0 spiro atoms. The maximum Gasteiger partial charge on any atom is 0.194 e. The lowest BCUT2D eigenvalue weighted by atomic mass is 9.84. The van der Waals surface area contributed by atoms with E-state index in [4.69, 9.17) is 4.74 Å². The van der Waals surface area contributed by atoms with Crippen LogP contribution in [0.4, 0.5) is 0 Å². The van der Waals surface area contributed by atoms with Gasteiger partial charge in [-0.3, -0.25) is 0 Å². The van der Waals surface area contributed by atoms with E-state index in [1.165, 1.54) is 6.33 Å². The Morgan fingerprint density at radius 2 is 2.24 bits per heavy atom. The fraction of sp³-hybridized carbons (Fsp3) is 0.333. The SMILES string of the molecule is OCC1(n2cncn2)OCC1c1ccccc1. The number of aliphatic hydroxyl groups is 1. The topological polar surface area (TPSA) is 60.2 Å². The van der Waals surface area contributed by atoms with Crippen LogP contribution in [0.3, 0.4) is 0 Å². The molecule has 1 aliphatic rings. The van der Waals surface area contributed by atoms with Gasteiger partial charge in [0.2, 0.25) is 0 Å². The van der Waals surface area contributed by atoms with Crippen LogP contribution in [0.5, 0.6) is 0 Å². The van der Waals surface area contributed by atoms with Gasteiger partial charge >= 0.3 is 0 Å². The van der Waals surface area contributed by atoms with Crippen molar-refractivity contribution in [3.05, 3.63) is 48.5 Å². The molecule has 17 heavy (non-hydrogen) atoms. The molecule has 1 saturated heterocycles. The first kappa shape index (κ1) is 10.4. The van der Waals surface area contributed by atoms with Gasteiger partial charge in [-0.25, -0.2) is 9.67 Å². The molecule has 2 atom stereocenters. The molecule has 0 aliphatic carbocycles. The van der Waals surface area contributed by atoms with Crippen LogP contribution in [0.1, 0.15) is 11.5 Å². The number of hydrogen-bond acceptors (Lipinski definition) is 4. The molecule has 0 saturated carbocycles. The minimum atomic E-state index is -0.794. The lowest BCUT2D eigenvalue weighted by Gasteiger charge is -2.47. The zero-order chi connectivity index (χ0) is 11.7. The van der Waals surface area contributed by atoms with E-state index in [2.05, 4.69) is 10.1 Å². The first-order chi connectivity index (χ1) is 8.37. The molecule has 0 bridgehead atoms. The molecular formula is C12H13N3O2. The molecule has 88 valence electrons. The summed E-state index contributed by atoms with van der Waals surface area (Å²) in [5, 5.41) is 13.7. The second-order valence-electron chi connectivity index (χ2n) is 4.12. The Labute approximate surface area is 98.7 Å². The maximum absolute atomic E-state index is 9.63. The van der Waals surface area contributed by atoms with Crippen LogP contribution in [0.25, 0.3) is 0 Å². The van der Waals surface area contributed by atoms with Crippen molar-refractivity contribution in [2.75, 3.05) is 13.2 Å². The number of aliphatic hydroxyl groups excluding tert-OH is 1. The largest absolute Gasteiger partial charge is 0.391 e. The lowest BCUT2D eigenvalue weighted by molar-refractivity contribution is -0.252. The van der Waals surface area contributed by atoms with Crippen molar-refractivity contribution < 1.29 is 9.84 Å². The van der Waals surface area contributed by atoms with Crippen molar-refractivity contribution in [1.82, 2.24) is 14.8 Å². The highest BCUT2D eigenvalue weighted by atomic mass is 16.6. The van der Waals surface area contributed by atoms with Crippen LogP contribution >= 0.6 is 0 Å². The Morgan fingerprint density at radius 3 is 2.76 bits per heavy atom. The summed E-state index contributed by atoms with van der Waals surface area (Å²) in [6.45, 7) is 0.473. The van der Waals surface area contributed by atoms with Crippen molar-refractivity contribution in [1.29, 1.82) is 0 Å². The third-order valence-corrected chi connectivity index (χ3v) is 3.28. The van der Waals surface area contributed by atoms with Gasteiger partial charge in [0.25, 0.3) is 0 Å². The second-order valence-corrected chi connectivity index (χ2v) is 4.12. The highest BCUT2D eigenvalue weighted by Crippen LogP contribution is 2.43. The Kier molecular flexibility index (Phi) is 2.42. The summed E-state index contributed by atoms with van der Waals surface area (Å²) in [6.07, 6.45) is 3.02. The van der Waals surface area contributed by atoms with E-state index >= 15 is 0 Å². The third kappa shape index (κ3) is 1.47. The highest BCUT2D eigenvalue weighted by Gasteiger charge is 2.51. The molecule has 1 aromatic carbocycles. The van der Waals surface area contributed by atoms with E-state index in [1.54, 1.807) is 11.0 Å². The Hall–Kier alpha value is -1.72. The quantitative estimate of drug-likeness (QED) is 0.846. The summed E-state index contributed by atoms with van der Waals surface area (Å²) >= 11 is 0. The average molecular weight is 231 g/mol. The Bertz CT molecular complexity index is 482. The van der Waals surface area contributed by atoms with Crippen LogP contribution in [-0.4, -0.2) is 33.1 Å². The molecule has 0 radical (unpaired) electrons. The van der Waals surface area contributed by atoms with Gasteiger partial charge in [-0.1, -0.05) is 30.3 Å². The molecule has 1 fully saturated rings. The molecule has 1 aliphatic heterocycles. The first-order valence-corrected chi connectivity index (χ1v) is 5.52. The molecule has 0 amide bonds. The predicted octanol–water partition coefficient (Wildman–Crippen LogP) is 0.737. The van der Waals surface area contributed by atoms with Gasteiger partial charge in [0.05, 0.1) is 19.1 Å². The van der Waals surface area contributed by atoms with Crippen LogP contribution in [0, 0.1) is 0 Å². The lowest BCUT2D eigenvalue weighted by Crippen LogP contribution is -2.56. The standard InChI is InChI=1S/C12H13N3O2/c16-7-12(15-9-13-8-14-15)11(6-17-12)10-4-2-1-3-5-10/h1-5,8-9,11,16H,6-7H2. The molecule has 2 unspecified atom stereocenters. The molecule has 2 heterocycles. The normalized spacial score (nSPS) is 27.7. The van der Waals surface area contributed by atoms with Gasteiger partial charge in [-0.05, 0) is 5.56 Å². The molecule has 1 aromatic heterocycles. The number of benzene rings is 1. The molecule has 3 rings (SSSR count). The van der Waals surface area contributed by atoms with Crippen molar-refractivity contribution >= 4 is 0 Å². The number of hydrogen-bond donors (Lipinski definition) is 1. The summed E-state index contributed by atoms with van der Waals surface area (Å²) < 4.78 is 7.18. The summed E-state index contributed by atoms with van der Waals surface area (Å²) in [5.41, 5.74) is 0.348. The zero-order valence-corrected chi connectivity index (χ0v) is 9.23. The number of nitrogens with zero attached hydrogens (tertiary/aromatic N) is 3. The van der Waals surface area contributed by atoms with Crippen LogP contribution < -0.4 is 0 Å². The summed E-state index contributed by atoms with van der Waals surface area (Å²) in [5.74, 6) is 0.107. The number of rotatable bonds is 3. The fourth-order valence-corrected chi connectivity index (χ4v) is 2.26. The van der Waals surface area contributed by atoms with Crippen LogP contribution in [0.15, 0.2) is 43.0 Å². The average Bonchev–Trinajstić information content (AvgIpc) is 2.85. The summed E-state index contributed by atoms with van der Waals surface area (Å²) in [6, 6.07) is 10.0. The third-order valence-electron chi connectivity index (χ3n) is 3.28. The molecule has 2 aromatic rings. The Balaban J connectivity index is 1.98. The van der Waals surface area contributed by atoms with E-state index in [0.29, 0.717) is 6.61 Å². The van der Waals surface area contributed by atoms with E-state index in [9.17, 15) is 5.11 Å². The van der Waals surface area contributed by atoms with E-state index < -0.39 is 5.72 Å². The summed E-state index contributed by atoms with van der Waals surface area (Å²) in [4.78, 5) is 3.91. The van der Waals surface area contributed by atoms with Crippen LogP contribution in [0.2, 0.25) is 0 Å². The number of aromatic nitrogens is 3. The van der Waals surface area contributed by atoms with Gasteiger partial charge in [0.15, 0.2) is 5.72 Å². The second kappa shape index (κ2) is 3.94. The molecule has 5 heteroatoms. The highest BCUT2D eigenvalue weighted by molar-refractivity contribution is 5.24. The van der Waals surface area contributed by atoms with E-state index in [0.717, 1.165) is 5.56 Å². The number of ether oxygens (including phenoxy) is 1. The summed E-state index contributed by atoms with van der Waals surface area (Å²) in [7, 11) is 0. The Morgan fingerprint density at radius 1 is 1.41 bits per heavy atom. The fourth-order valence-electron chi connectivity index (χ4n) is 2.26. The van der Waals surface area contributed by atoms with Gasteiger partial charge in [-0.2, -0.15) is 5.10 Å². The van der Waals surface area contributed by atoms with E-state index in [-0.39, 0.29) is 12.5 Å². The van der Waals surface area contributed by atoms with Crippen molar-refractivity contribution in [3.8, 4) is 0 Å². The molecule has 1 N–H and O–H groups in total. The minimum absolute atomic E-state index is 0.107. The smallest absolute Gasteiger partial charge is 0.194 e. The zero-order valence-electron chi connectivity index (χ0n) is 9.23. The minimum Gasteiger partial charge on any atom is -0.391 e. The van der Waals surface area contributed by atoms with Crippen molar-refractivity contribution in [2.24, 2.45) is 0 Å².